The van der Waals surface area contributed by atoms with Gasteiger partial charge in [0.2, 0.25) is 17.6 Å². The van der Waals surface area contributed by atoms with Gasteiger partial charge in [0.05, 0.1) is 17.9 Å². The first-order valence-corrected chi connectivity index (χ1v) is 8.89. The van der Waals surface area contributed by atoms with Crippen LogP contribution in [0.25, 0.3) is 10.7 Å². The number of benzene rings is 1. The molecule has 0 N–H and O–H groups in total. The first kappa shape index (κ1) is 15.8. The largest absolute Gasteiger partial charge is 0.497 e. The molecule has 1 unspecified atom stereocenters. The van der Waals surface area contributed by atoms with Gasteiger partial charge in [-0.2, -0.15) is 4.98 Å². The molecule has 0 bridgehead atoms. The SMILES string of the molecule is COc1ccc(CN2CC(c3nc(-c4cccs4)no3)CC2=O)cc1. The molecule has 0 aliphatic carbocycles. The predicted octanol–water partition coefficient (Wildman–Crippen LogP) is 3.32. The van der Waals surface area contributed by atoms with E-state index in [-0.39, 0.29) is 11.8 Å². The molecule has 1 fully saturated rings. The smallest absolute Gasteiger partial charge is 0.232 e. The lowest BCUT2D eigenvalue weighted by atomic mass is 10.1. The van der Waals surface area contributed by atoms with E-state index in [0.717, 1.165) is 16.2 Å². The number of likely N-dealkylation sites (tertiary alicyclic amines) is 1. The monoisotopic (exact) mass is 355 g/mol. The maximum Gasteiger partial charge on any atom is 0.232 e. The number of carbonyl (C=O) groups excluding carboxylic acids is 1. The van der Waals surface area contributed by atoms with E-state index in [0.29, 0.717) is 31.2 Å². The summed E-state index contributed by atoms with van der Waals surface area (Å²) in [6, 6.07) is 11.7. The van der Waals surface area contributed by atoms with E-state index in [1.54, 1.807) is 18.4 Å². The van der Waals surface area contributed by atoms with Crippen molar-refractivity contribution in [2.75, 3.05) is 13.7 Å². The molecule has 1 aromatic carbocycles. The first-order chi connectivity index (χ1) is 12.2. The first-order valence-electron chi connectivity index (χ1n) is 8.01. The molecular formula is C18H17N3O3S. The second-order valence-electron chi connectivity index (χ2n) is 5.96. The van der Waals surface area contributed by atoms with Crippen LogP contribution < -0.4 is 4.74 Å². The summed E-state index contributed by atoms with van der Waals surface area (Å²) < 4.78 is 10.6. The Kier molecular flexibility index (Phi) is 4.23. The van der Waals surface area contributed by atoms with Crippen LogP contribution in [0.5, 0.6) is 5.75 Å². The Morgan fingerprint density at radius 1 is 1.32 bits per heavy atom. The Balaban J connectivity index is 1.44. The number of nitrogens with zero attached hydrogens (tertiary/aromatic N) is 3. The summed E-state index contributed by atoms with van der Waals surface area (Å²) in [4.78, 5) is 19.6. The van der Waals surface area contributed by atoms with E-state index in [1.807, 2.05) is 46.7 Å². The molecule has 3 aromatic rings. The van der Waals surface area contributed by atoms with Crippen molar-refractivity contribution in [1.82, 2.24) is 15.0 Å². The van der Waals surface area contributed by atoms with Crippen LogP contribution in [-0.4, -0.2) is 34.6 Å². The van der Waals surface area contributed by atoms with Gasteiger partial charge in [-0.3, -0.25) is 4.79 Å². The van der Waals surface area contributed by atoms with E-state index in [1.165, 1.54) is 0 Å². The van der Waals surface area contributed by atoms with Crippen molar-refractivity contribution in [3.63, 3.8) is 0 Å². The molecule has 1 aliphatic rings. The Labute approximate surface area is 149 Å². The predicted molar refractivity (Wildman–Crippen MR) is 93.4 cm³/mol. The van der Waals surface area contributed by atoms with Gasteiger partial charge in [0.1, 0.15) is 5.75 Å². The van der Waals surface area contributed by atoms with E-state index < -0.39 is 0 Å². The number of ether oxygens (including phenoxy) is 1. The highest BCUT2D eigenvalue weighted by atomic mass is 32.1. The minimum Gasteiger partial charge on any atom is -0.497 e. The molecule has 0 radical (unpaired) electrons. The molecule has 1 atom stereocenters. The summed E-state index contributed by atoms with van der Waals surface area (Å²) >= 11 is 1.57. The molecule has 4 rings (SSSR count). The van der Waals surface area contributed by atoms with Gasteiger partial charge in [-0.15, -0.1) is 11.3 Å². The van der Waals surface area contributed by atoms with Gasteiger partial charge in [-0.1, -0.05) is 23.4 Å². The van der Waals surface area contributed by atoms with Crippen molar-refractivity contribution in [3.8, 4) is 16.5 Å². The summed E-state index contributed by atoms with van der Waals surface area (Å²) in [6.07, 6.45) is 0.405. The van der Waals surface area contributed by atoms with Crippen LogP contribution in [0.15, 0.2) is 46.3 Å². The number of methoxy groups -OCH3 is 1. The third kappa shape index (κ3) is 3.28. The highest BCUT2D eigenvalue weighted by Gasteiger charge is 2.34. The van der Waals surface area contributed by atoms with Crippen LogP contribution in [-0.2, 0) is 11.3 Å². The van der Waals surface area contributed by atoms with Crippen LogP contribution in [0.2, 0.25) is 0 Å². The van der Waals surface area contributed by atoms with E-state index in [9.17, 15) is 4.79 Å². The number of hydrogen-bond donors (Lipinski definition) is 0. The summed E-state index contributed by atoms with van der Waals surface area (Å²) in [5.41, 5.74) is 1.07. The Bertz CT molecular complexity index is 858. The fraction of sp³-hybridized carbons (Fsp3) is 0.278. The molecule has 0 saturated carbocycles. The highest BCUT2D eigenvalue weighted by molar-refractivity contribution is 7.13. The molecule has 0 spiro atoms. The van der Waals surface area contributed by atoms with Crippen molar-refractivity contribution < 1.29 is 14.1 Å². The van der Waals surface area contributed by atoms with Crippen molar-refractivity contribution in [1.29, 1.82) is 0 Å². The summed E-state index contributed by atoms with van der Waals surface area (Å²) in [5.74, 6) is 1.99. The molecule has 1 amide bonds. The Hall–Kier alpha value is -2.67. The number of carbonyl (C=O) groups is 1. The highest BCUT2D eigenvalue weighted by Crippen LogP contribution is 2.30. The summed E-state index contributed by atoms with van der Waals surface area (Å²) in [6.45, 7) is 1.17. The van der Waals surface area contributed by atoms with Crippen LogP contribution in [0.1, 0.15) is 23.8 Å². The van der Waals surface area contributed by atoms with Gasteiger partial charge in [0.25, 0.3) is 0 Å². The zero-order chi connectivity index (χ0) is 17.2. The summed E-state index contributed by atoms with van der Waals surface area (Å²) in [5, 5.41) is 6.01. The van der Waals surface area contributed by atoms with Crippen LogP contribution in [0, 0.1) is 0 Å². The minimum atomic E-state index is -0.0491. The van der Waals surface area contributed by atoms with E-state index in [2.05, 4.69) is 10.1 Å². The number of rotatable bonds is 5. The van der Waals surface area contributed by atoms with E-state index in [4.69, 9.17) is 9.26 Å². The second kappa shape index (κ2) is 6.68. The third-order valence-electron chi connectivity index (χ3n) is 4.28. The average Bonchev–Trinajstić information content (AvgIpc) is 3.36. The lowest BCUT2D eigenvalue weighted by Gasteiger charge is -2.16. The van der Waals surface area contributed by atoms with Crippen molar-refractivity contribution in [2.24, 2.45) is 0 Å². The zero-order valence-electron chi connectivity index (χ0n) is 13.7. The fourth-order valence-corrected chi connectivity index (χ4v) is 3.60. The summed E-state index contributed by atoms with van der Waals surface area (Å²) in [7, 11) is 1.64. The number of hydrogen-bond acceptors (Lipinski definition) is 6. The second-order valence-corrected chi connectivity index (χ2v) is 6.90. The molecule has 7 heteroatoms. The molecular weight excluding hydrogens is 338 g/mol. The molecule has 3 heterocycles. The van der Waals surface area contributed by atoms with Gasteiger partial charge >= 0.3 is 0 Å². The van der Waals surface area contributed by atoms with E-state index >= 15 is 0 Å². The standard InChI is InChI=1S/C18H17N3O3S/c1-23-14-6-4-12(5-7-14)10-21-11-13(9-16(21)22)18-19-17(20-24-18)15-3-2-8-25-15/h2-8,13H,9-11H2,1H3. The van der Waals surface area contributed by atoms with Crippen LogP contribution in [0.3, 0.4) is 0 Å². The lowest BCUT2D eigenvalue weighted by Crippen LogP contribution is -2.24. The molecule has 2 aromatic heterocycles. The average molecular weight is 355 g/mol. The fourth-order valence-electron chi connectivity index (χ4n) is 2.95. The number of aromatic nitrogens is 2. The Morgan fingerprint density at radius 2 is 2.16 bits per heavy atom. The van der Waals surface area contributed by atoms with Gasteiger partial charge in [0.15, 0.2) is 0 Å². The molecule has 6 nitrogen and oxygen atoms in total. The van der Waals surface area contributed by atoms with Gasteiger partial charge in [-0.05, 0) is 29.1 Å². The molecule has 128 valence electrons. The van der Waals surface area contributed by atoms with Gasteiger partial charge in [-0.25, -0.2) is 0 Å². The minimum absolute atomic E-state index is 0.0491. The Morgan fingerprint density at radius 3 is 2.88 bits per heavy atom. The maximum atomic E-state index is 12.3. The number of thiophene rings is 1. The van der Waals surface area contributed by atoms with Crippen molar-refractivity contribution in [3.05, 3.63) is 53.2 Å². The van der Waals surface area contributed by atoms with Gasteiger partial charge < -0.3 is 14.2 Å². The molecule has 1 aliphatic heterocycles. The topological polar surface area (TPSA) is 68.5 Å². The van der Waals surface area contributed by atoms with Crippen molar-refractivity contribution in [2.45, 2.75) is 18.9 Å². The lowest BCUT2D eigenvalue weighted by molar-refractivity contribution is -0.128. The van der Waals surface area contributed by atoms with Crippen LogP contribution in [0.4, 0.5) is 0 Å². The molecule has 1 saturated heterocycles. The third-order valence-corrected chi connectivity index (χ3v) is 5.15. The quantitative estimate of drug-likeness (QED) is 0.702. The normalized spacial score (nSPS) is 17.2. The molecule has 25 heavy (non-hydrogen) atoms. The van der Waals surface area contributed by atoms with Crippen LogP contribution >= 0.6 is 11.3 Å². The maximum absolute atomic E-state index is 12.3. The zero-order valence-corrected chi connectivity index (χ0v) is 14.5. The van der Waals surface area contributed by atoms with Gasteiger partial charge in [0, 0.05) is 19.5 Å². The number of amides is 1. The van der Waals surface area contributed by atoms with Crippen molar-refractivity contribution >= 4 is 17.2 Å².